The highest BCUT2D eigenvalue weighted by Crippen LogP contribution is 2.32. The zero-order valence-corrected chi connectivity index (χ0v) is 18.7. The minimum absolute atomic E-state index is 0. The molecule has 152 valence electrons. The van der Waals surface area contributed by atoms with Crippen LogP contribution in [-0.2, 0) is 6.42 Å². The third-order valence-corrected chi connectivity index (χ3v) is 4.15. The summed E-state index contributed by atoms with van der Waals surface area (Å²) in [5.41, 5.74) is 2.13. The lowest BCUT2D eigenvalue weighted by atomic mass is 10.1. The highest BCUT2D eigenvalue weighted by atomic mass is 127. The fraction of sp³-hybridized carbons (Fsp3) is 0.381. The van der Waals surface area contributed by atoms with Crippen molar-refractivity contribution in [2.75, 3.05) is 38.7 Å². The van der Waals surface area contributed by atoms with Crippen LogP contribution in [0.2, 0.25) is 0 Å². The first-order valence-electron chi connectivity index (χ1n) is 9.37. The molecule has 3 rings (SSSR count). The van der Waals surface area contributed by atoms with Gasteiger partial charge < -0.3 is 24.8 Å². The minimum atomic E-state index is 0. The minimum Gasteiger partial charge on any atom is -0.494 e. The van der Waals surface area contributed by atoms with Crippen molar-refractivity contribution in [1.82, 2.24) is 5.32 Å². The second-order valence-electron chi connectivity index (χ2n) is 6.17. The van der Waals surface area contributed by atoms with Gasteiger partial charge in [0.2, 0.25) is 0 Å². The van der Waals surface area contributed by atoms with Gasteiger partial charge in [0.25, 0.3) is 0 Å². The number of ether oxygens (including phenoxy) is 3. The van der Waals surface area contributed by atoms with Crippen LogP contribution in [0.15, 0.2) is 47.5 Å². The van der Waals surface area contributed by atoms with Crippen molar-refractivity contribution in [3.8, 4) is 17.2 Å². The normalized spacial score (nSPS) is 13.1. The number of benzene rings is 2. The number of nitrogens with one attached hydrogen (secondary N) is 2. The average molecular weight is 497 g/mol. The second kappa shape index (κ2) is 11.6. The van der Waals surface area contributed by atoms with E-state index in [2.05, 4.69) is 27.8 Å². The van der Waals surface area contributed by atoms with E-state index in [1.165, 1.54) is 5.56 Å². The number of nitrogens with zero attached hydrogens (tertiary/aromatic N) is 1. The summed E-state index contributed by atoms with van der Waals surface area (Å²) in [6.07, 6.45) is 1.77. The maximum atomic E-state index is 5.74. The Labute approximate surface area is 183 Å². The van der Waals surface area contributed by atoms with E-state index in [1.54, 1.807) is 7.05 Å². The standard InChI is InChI=1S/C21H27N3O3.HI/c1-3-25-18-7-4-6-16(14-18)10-11-23-21(22-2)24-17-8-9-19-20(15-17)27-13-5-12-26-19;/h4,6-9,14-15H,3,5,10-13H2,1-2H3,(H2,22,23,24);1H. The van der Waals surface area contributed by atoms with Crippen LogP contribution in [-0.4, -0.2) is 39.4 Å². The monoisotopic (exact) mass is 497 g/mol. The molecule has 6 nitrogen and oxygen atoms in total. The summed E-state index contributed by atoms with van der Waals surface area (Å²) >= 11 is 0. The molecule has 0 spiro atoms. The Hall–Kier alpha value is -2.16. The van der Waals surface area contributed by atoms with Crippen LogP contribution in [0, 0.1) is 0 Å². The molecule has 1 heterocycles. The Morgan fingerprint density at radius 1 is 1.11 bits per heavy atom. The van der Waals surface area contributed by atoms with E-state index in [9.17, 15) is 0 Å². The second-order valence-corrected chi connectivity index (χ2v) is 6.17. The van der Waals surface area contributed by atoms with E-state index in [1.807, 2.05) is 37.3 Å². The Morgan fingerprint density at radius 3 is 2.71 bits per heavy atom. The van der Waals surface area contributed by atoms with Crippen LogP contribution in [0.4, 0.5) is 5.69 Å². The molecule has 0 saturated carbocycles. The number of halogens is 1. The molecule has 0 fully saturated rings. The van der Waals surface area contributed by atoms with E-state index in [4.69, 9.17) is 14.2 Å². The van der Waals surface area contributed by atoms with Gasteiger partial charge >= 0.3 is 0 Å². The van der Waals surface area contributed by atoms with E-state index in [-0.39, 0.29) is 24.0 Å². The average Bonchev–Trinajstić information content (AvgIpc) is 2.93. The van der Waals surface area contributed by atoms with Crippen molar-refractivity contribution in [2.24, 2.45) is 4.99 Å². The van der Waals surface area contributed by atoms with Gasteiger partial charge in [-0.15, -0.1) is 24.0 Å². The predicted octanol–water partition coefficient (Wildman–Crippen LogP) is 4.09. The smallest absolute Gasteiger partial charge is 0.195 e. The Bertz CT molecular complexity index is 783. The molecule has 0 bridgehead atoms. The van der Waals surface area contributed by atoms with Gasteiger partial charge in [0.1, 0.15) is 5.75 Å². The summed E-state index contributed by atoms with van der Waals surface area (Å²) < 4.78 is 17.0. The van der Waals surface area contributed by atoms with Crippen molar-refractivity contribution in [1.29, 1.82) is 0 Å². The molecule has 0 atom stereocenters. The number of hydrogen-bond donors (Lipinski definition) is 2. The molecule has 2 aromatic carbocycles. The van der Waals surface area contributed by atoms with E-state index < -0.39 is 0 Å². The van der Waals surface area contributed by atoms with Crippen molar-refractivity contribution in [3.05, 3.63) is 48.0 Å². The van der Waals surface area contributed by atoms with Gasteiger partial charge in [0, 0.05) is 31.8 Å². The van der Waals surface area contributed by atoms with Crippen molar-refractivity contribution in [3.63, 3.8) is 0 Å². The number of rotatable bonds is 6. The van der Waals surface area contributed by atoms with E-state index >= 15 is 0 Å². The fourth-order valence-electron chi connectivity index (χ4n) is 2.84. The quantitative estimate of drug-likeness (QED) is 0.358. The van der Waals surface area contributed by atoms with Crippen molar-refractivity contribution >= 4 is 35.6 Å². The highest BCUT2D eigenvalue weighted by molar-refractivity contribution is 14.0. The van der Waals surface area contributed by atoms with E-state index in [0.717, 1.165) is 42.3 Å². The maximum absolute atomic E-state index is 5.74. The summed E-state index contributed by atoms with van der Waals surface area (Å²) in [4.78, 5) is 4.29. The number of aliphatic imine (C=N–C) groups is 1. The number of guanidine groups is 1. The van der Waals surface area contributed by atoms with Gasteiger partial charge in [-0.3, -0.25) is 4.99 Å². The van der Waals surface area contributed by atoms with Gasteiger partial charge in [0.15, 0.2) is 17.5 Å². The summed E-state index contributed by atoms with van der Waals surface area (Å²) in [7, 11) is 1.76. The summed E-state index contributed by atoms with van der Waals surface area (Å²) in [6, 6.07) is 14.0. The summed E-state index contributed by atoms with van der Waals surface area (Å²) in [5.74, 6) is 3.17. The van der Waals surface area contributed by atoms with Gasteiger partial charge in [-0.2, -0.15) is 0 Å². The molecule has 2 N–H and O–H groups in total. The molecule has 2 aromatic rings. The van der Waals surface area contributed by atoms with Crippen LogP contribution in [0.25, 0.3) is 0 Å². The van der Waals surface area contributed by atoms with Crippen molar-refractivity contribution in [2.45, 2.75) is 19.8 Å². The fourth-order valence-corrected chi connectivity index (χ4v) is 2.84. The lowest BCUT2D eigenvalue weighted by Gasteiger charge is -2.14. The third kappa shape index (κ3) is 6.47. The lowest BCUT2D eigenvalue weighted by molar-refractivity contribution is 0.297. The number of hydrogen-bond acceptors (Lipinski definition) is 4. The Kier molecular flexibility index (Phi) is 9.19. The van der Waals surface area contributed by atoms with E-state index in [0.29, 0.717) is 25.8 Å². The topological polar surface area (TPSA) is 64.1 Å². The zero-order chi connectivity index (χ0) is 18.9. The van der Waals surface area contributed by atoms with Gasteiger partial charge in [0.05, 0.1) is 19.8 Å². The first-order valence-corrected chi connectivity index (χ1v) is 9.37. The maximum Gasteiger partial charge on any atom is 0.195 e. The molecule has 0 amide bonds. The lowest BCUT2D eigenvalue weighted by Crippen LogP contribution is -2.32. The van der Waals surface area contributed by atoms with Gasteiger partial charge in [-0.05, 0) is 43.2 Å². The molecule has 0 radical (unpaired) electrons. The summed E-state index contributed by atoms with van der Waals surface area (Å²) in [5, 5.41) is 6.63. The largest absolute Gasteiger partial charge is 0.494 e. The summed E-state index contributed by atoms with van der Waals surface area (Å²) in [6.45, 7) is 4.79. The third-order valence-electron chi connectivity index (χ3n) is 4.15. The predicted molar refractivity (Wildman–Crippen MR) is 124 cm³/mol. The van der Waals surface area contributed by atoms with Crippen LogP contribution >= 0.6 is 24.0 Å². The highest BCUT2D eigenvalue weighted by Gasteiger charge is 2.11. The molecular formula is C21H28IN3O3. The van der Waals surface area contributed by atoms with Crippen molar-refractivity contribution < 1.29 is 14.2 Å². The first kappa shape index (κ1) is 22.1. The number of anilines is 1. The molecule has 0 saturated heterocycles. The molecule has 0 aliphatic carbocycles. The van der Waals surface area contributed by atoms with Crippen LogP contribution in [0.3, 0.4) is 0 Å². The molecule has 1 aliphatic heterocycles. The molecule has 28 heavy (non-hydrogen) atoms. The van der Waals surface area contributed by atoms with Gasteiger partial charge in [-0.25, -0.2) is 0 Å². The van der Waals surface area contributed by atoms with Crippen LogP contribution < -0.4 is 24.8 Å². The first-order chi connectivity index (χ1) is 13.3. The molecule has 7 heteroatoms. The molecule has 0 unspecified atom stereocenters. The molecular weight excluding hydrogens is 469 g/mol. The zero-order valence-electron chi connectivity index (χ0n) is 16.4. The van der Waals surface area contributed by atoms with Crippen LogP contribution in [0.5, 0.6) is 17.2 Å². The SMILES string of the molecule is CCOc1cccc(CCNC(=NC)Nc2ccc3c(c2)OCCCO3)c1.I. The Morgan fingerprint density at radius 2 is 1.93 bits per heavy atom. The Balaban J connectivity index is 0.00000280. The number of fused-ring (bicyclic) bond motifs is 1. The van der Waals surface area contributed by atoms with Gasteiger partial charge in [-0.1, -0.05) is 12.1 Å². The van der Waals surface area contributed by atoms with Crippen LogP contribution in [0.1, 0.15) is 18.9 Å². The molecule has 1 aliphatic rings. The molecule has 0 aromatic heterocycles.